The minimum atomic E-state index is 0.531. The zero-order valence-electron chi connectivity index (χ0n) is 12.1. The lowest BCUT2D eigenvalue weighted by molar-refractivity contribution is 0.865. The van der Waals surface area contributed by atoms with Gasteiger partial charge in [-0.2, -0.15) is 0 Å². The number of benzene rings is 2. The highest BCUT2D eigenvalue weighted by Crippen LogP contribution is 2.26. The van der Waals surface area contributed by atoms with Crippen molar-refractivity contribution in [3.63, 3.8) is 0 Å². The van der Waals surface area contributed by atoms with Crippen LogP contribution in [0, 0.1) is 6.92 Å². The van der Waals surface area contributed by atoms with Gasteiger partial charge in [-0.1, -0.05) is 38.1 Å². The van der Waals surface area contributed by atoms with Crippen LogP contribution in [-0.4, -0.2) is 9.55 Å². The average molecular weight is 265 g/mol. The predicted octanol–water partition coefficient (Wildman–Crippen LogP) is 4.04. The second kappa shape index (κ2) is 4.67. The Morgan fingerprint density at radius 2 is 1.75 bits per heavy atom. The molecule has 0 unspecified atom stereocenters. The molecule has 3 nitrogen and oxygen atoms in total. The van der Waals surface area contributed by atoms with E-state index in [0.717, 1.165) is 22.3 Å². The van der Waals surface area contributed by atoms with Crippen molar-refractivity contribution in [3.05, 3.63) is 53.6 Å². The Bertz CT molecular complexity index is 752. The number of imidazole rings is 1. The van der Waals surface area contributed by atoms with Crippen molar-refractivity contribution in [2.75, 3.05) is 5.73 Å². The van der Waals surface area contributed by atoms with Crippen molar-refractivity contribution in [2.24, 2.45) is 0 Å². The van der Waals surface area contributed by atoms with E-state index in [0.29, 0.717) is 11.9 Å². The topological polar surface area (TPSA) is 43.8 Å². The van der Waals surface area contributed by atoms with Crippen LogP contribution in [0.15, 0.2) is 42.5 Å². The van der Waals surface area contributed by atoms with Gasteiger partial charge in [0.15, 0.2) is 0 Å². The van der Waals surface area contributed by atoms with Crippen LogP contribution in [-0.2, 0) is 0 Å². The van der Waals surface area contributed by atoms with Gasteiger partial charge < -0.3 is 5.73 Å². The summed E-state index contributed by atoms with van der Waals surface area (Å²) in [4.78, 5) is 4.49. The maximum atomic E-state index is 6.10. The lowest BCUT2D eigenvalue weighted by atomic mass is 10.0. The van der Waals surface area contributed by atoms with Crippen LogP contribution < -0.4 is 5.73 Å². The summed E-state index contributed by atoms with van der Waals surface area (Å²) in [6.07, 6.45) is 0. The second-order valence-electron chi connectivity index (χ2n) is 5.49. The lowest BCUT2D eigenvalue weighted by Crippen LogP contribution is -2.00. The number of hydrogen-bond donors (Lipinski definition) is 1. The van der Waals surface area contributed by atoms with Crippen molar-refractivity contribution >= 4 is 17.0 Å². The van der Waals surface area contributed by atoms with Crippen molar-refractivity contribution in [1.82, 2.24) is 9.55 Å². The SMILES string of the molecule is Cc1cccc2c1nc(N)n2-c1ccc(C(C)C)cc1. The summed E-state index contributed by atoms with van der Waals surface area (Å²) in [6.45, 7) is 6.44. The van der Waals surface area contributed by atoms with Crippen LogP contribution in [0.4, 0.5) is 5.95 Å². The molecule has 20 heavy (non-hydrogen) atoms. The number of aromatic nitrogens is 2. The highest BCUT2D eigenvalue weighted by Gasteiger charge is 2.11. The van der Waals surface area contributed by atoms with Crippen LogP contribution in [0.5, 0.6) is 0 Å². The summed E-state index contributed by atoms with van der Waals surface area (Å²) >= 11 is 0. The molecule has 0 aliphatic rings. The molecule has 0 aliphatic carbocycles. The van der Waals surface area contributed by atoms with Gasteiger partial charge in [0.05, 0.1) is 11.0 Å². The number of para-hydroxylation sites is 1. The Morgan fingerprint density at radius 3 is 2.40 bits per heavy atom. The van der Waals surface area contributed by atoms with E-state index in [1.165, 1.54) is 5.56 Å². The molecule has 2 N–H and O–H groups in total. The van der Waals surface area contributed by atoms with Gasteiger partial charge in [0.1, 0.15) is 0 Å². The fourth-order valence-corrected chi connectivity index (χ4v) is 2.54. The quantitative estimate of drug-likeness (QED) is 0.760. The molecule has 0 saturated heterocycles. The van der Waals surface area contributed by atoms with E-state index >= 15 is 0 Å². The lowest BCUT2D eigenvalue weighted by Gasteiger charge is -2.09. The Morgan fingerprint density at radius 1 is 1.05 bits per heavy atom. The van der Waals surface area contributed by atoms with Gasteiger partial charge in [-0.15, -0.1) is 0 Å². The van der Waals surface area contributed by atoms with Crippen LogP contribution in [0.2, 0.25) is 0 Å². The molecule has 0 fully saturated rings. The molecule has 2 aromatic carbocycles. The first-order chi connectivity index (χ1) is 9.58. The van der Waals surface area contributed by atoms with Crippen molar-refractivity contribution in [1.29, 1.82) is 0 Å². The predicted molar refractivity (Wildman–Crippen MR) is 84.3 cm³/mol. The van der Waals surface area contributed by atoms with Gasteiger partial charge in [0.2, 0.25) is 5.95 Å². The molecule has 1 aromatic heterocycles. The molecule has 0 amide bonds. The van der Waals surface area contributed by atoms with E-state index in [4.69, 9.17) is 5.73 Å². The molecule has 1 heterocycles. The molecular formula is C17H19N3. The van der Waals surface area contributed by atoms with Gasteiger partial charge in [-0.05, 0) is 42.2 Å². The fourth-order valence-electron chi connectivity index (χ4n) is 2.54. The van der Waals surface area contributed by atoms with Crippen LogP contribution >= 0.6 is 0 Å². The molecule has 0 bridgehead atoms. The molecule has 0 spiro atoms. The highest BCUT2D eigenvalue weighted by molar-refractivity contribution is 5.83. The van der Waals surface area contributed by atoms with Crippen LogP contribution in [0.3, 0.4) is 0 Å². The standard InChI is InChI=1S/C17H19N3/c1-11(2)13-7-9-14(10-8-13)20-15-6-4-5-12(3)16(15)19-17(20)18/h4-11H,1-3H3,(H2,18,19). The van der Waals surface area contributed by atoms with Crippen LogP contribution in [0.1, 0.15) is 30.9 Å². The van der Waals surface area contributed by atoms with Gasteiger partial charge in [-0.3, -0.25) is 4.57 Å². The third kappa shape index (κ3) is 1.95. The minimum Gasteiger partial charge on any atom is -0.369 e. The Labute approximate surface area is 119 Å². The number of rotatable bonds is 2. The largest absolute Gasteiger partial charge is 0.369 e. The molecule has 0 aliphatic heterocycles. The Balaban J connectivity index is 2.19. The minimum absolute atomic E-state index is 0.531. The zero-order valence-corrected chi connectivity index (χ0v) is 12.1. The van der Waals surface area contributed by atoms with Crippen molar-refractivity contribution < 1.29 is 0 Å². The Kier molecular flexibility index (Phi) is 2.97. The summed E-state index contributed by atoms with van der Waals surface area (Å²) in [6, 6.07) is 14.7. The van der Waals surface area contributed by atoms with Gasteiger partial charge >= 0.3 is 0 Å². The van der Waals surface area contributed by atoms with E-state index < -0.39 is 0 Å². The number of anilines is 1. The van der Waals surface area contributed by atoms with E-state index in [2.05, 4.69) is 62.2 Å². The Hall–Kier alpha value is -2.29. The average Bonchev–Trinajstić information content (AvgIpc) is 2.77. The number of nitrogens with zero attached hydrogens (tertiary/aromatic N) is 2. The summed E-state index contributed by atoms with van der Waals surface area (Å²) < 4.78 is 2.01. The summed E-state index contributed by atoms with van der Waals surface area (Å²) in [5, 5.41) is 0. The summed E-state index contributed by atoms with van der Waals surface area (Å²) in [5.74, 6) is 1.06. The van der Waals surface area contributed by atoms with E-state index in [1.807, 2.05) is 10.6 Å². The van der Waals surface area contributed by atoms with E-state index in [9.17, 15) is 0 Å². The molecular weight excluding hydrogens is 246 g/mol. The molecule has 3 aromatic rings. The number of hydrogen-bond acceptors (Lipinski definition) is 2. The molecule has 102 valence electrons. The van der Waals surface area contributed by atoms with Gasteiger partial charge in [0, 0.05) is 5.69 Å². The normalized spacial score (nSPS) is 11.4. The van der Waals surface area contributed by atoms with Crippen LogP contribution in [0.25, 0.3) is 16.7 Å². The molecule has 0 saturated carbocycles. The third-order valence-corrected chi connectivity index (χ3v) is 3.73. The fraction of sp³-hybridized carbons (Fsp3) is 0.235. The molecule has 0 atom stereocenters. The maximum Gasteiger partial charge on any atom is 0.205 e. The monoisotopic (exact) mass is 265 g/mol. The first-order valence-electron chi connectivity index (χ1n) is 6.92. The zero-order chi connectivity index (χ0) is 14.3. The summed E-state index contributed by atoms with van der Waals surface area (Å²) in [5.41, 5.74) is 11.7. The molecule has 3 rings (SSSR count). The first-order valence-corrected chi connectivity index (χ1v) is 6.92. The van der Waals surface area contributed by atoms with E-state index in [1.54, 1.807) is 0 Å². The number of aryl methyl sites for hydroxylation is 1. The third-order valence-electron chi connectivity index (χ3n) is 3.73. The molecule has 0 radical (unpaired) electrons. The molecule has 3 heteroatoms. The highest BCUT2D eigenvalue weighted by atomic mass is 15.2. The second-order valence-corrected chi connectivity index (χ2v) is 5.49. The van der Waals surface area contributed by atoms with Gasteiger partial charge in [-0.25, -0.2) is 4.98 Å². The number of nitrogens with two attached hydrogens (primary N) is 1. The van der Waals surface area contributed by atoms with E-state index in [-0.39, 0.29) is 0 Å². The first kappa shape index (κ1) is 12.7. The smallest absolute Gasteiger partial charge is 0.205 e. The maximum absolute atomic E-state index is 6.10. The summed E-state index contributed by atoms with van der Waals surface area (Å²) in [7, 11) is 0. The number of fused-ring (bicyclic) bond motifs is 1. The van der Waals surface area contributed by atoms with Gasteiger partial charge in [0.25, 0.3) is 0 Å². The van der Waals surface area contributed by atoms with Crippen molar-refractivity contribution in [3.8, 4) is 5.69 Å². The number of nitrogen functional groups attached to an aromatic ring is 1. The van der Waals surface area contributed by atoms with Crippen molar-refractivity contribution in [2.45, 2.75) is 26.7 Å².